The predicted octanol–water partition coefficient (Wildman–Crippen LogP) is 0.527. The highest BCUT2D eigenvalue weighted by molar-refractivity contribution is 5.23. The van der Waals surface area contributed by atoms with Crippen LogP contribution in [0.4, 0.5) is 5.95 Å². The summed E-state index contributed by atoms with van der Waals surface area (Å²) in [5, 5.41) is 11.1. The molecule has 5 nitrogen and oxygen atoms in total. The summed E-state index contributed by atoms with van der Waals surface area (Å²) in [5.41, 5.74) is 5.75. The second kappa shape index (κ2) is 3.96. The molecule has 80 valence electrons. The smallest absolute Gasteiger partial charge is 0.224 e. The molecule has 0 bridgehead atoms. The topological polar surface area (TPSA) is 68.8 Å². The highest BCUT2D eigenvalue weighted by Gasteiger charge is 2.13. The Morgan fingerprint density at radius 1 is 1.43 bits per heavy atom. The van der Waals surface area contributed by atoms with Crippen LogP contribution < -0.4 is 11.1 Å². The second-order valence-electron chi connectivity index (χ2n) is 4.24. The summed E-state index contributed by atoms with van der Waals surface area (Å²) in [4.78, 5) is 0. The summed E-state index contributed by atoms with van der Waals surface area (Å²) in [5.74, 6) is 1.75. The first-order chi connectivity index (χ1) is 6.44. The van der Waals surface area contributed by atoms with Crippen LogP contribution in [0.5, 0.6) is 0 Å². The fourth-order valence-corrected chi connectivity index (χ4v) is 1.23. The van der Waals surface area contributed by atoms with Crippen LogP contribution in [0, 0.1) is 0 Å². The number of anilines is 1. The van der Waals surface area contributed by atoms with Crippen molar-refractivity contribution in [3.8, 4) is 0 Å². The molecule has 14 heavy (non-hydrogen) atoms. The number of hydrogen-bond acceptors (Lipinski definition) is 4. The van der Waals surface area contributed by atoms with Crippen molar-refractivity contribution < 1.29 is 0 Å². The van der Waals surface area contributed by atoms with Crippen LogP contribution in [0.15, 0.2) is 0 Å². The van der Waals surface area contributed by atoms with Crippen molar-refractivity contribution in [1.82, 2.24) is 14.8 Å². The number of hydrogen-bond donors (Lipinski definition) is 2. The SMILES string of the molecule is CNc1nnc(CCC(C)(C)N)n1C. The van der Waals surface area contributed by atoms with Crippen LogP contribution in [0.3, 0.4) is 0 Å². The minimum Gasteiger partial charge on any atom is -0.357 e. The first-order valence-corrected chi connectivity index (χ1v) is 4.79. The second-order valence-corrected chi connectivity index (χ2v) is 4.24. The Morgan fingerprint density at radius 2 is 2.07 bits per heavy atom. The lowest BCUT2D eigenvalue weighted by Gasteiger charge is -2.17. The molecule has 0 aliphatic carbocycles. The number of rotatable bonds is 4. The Morgan fingerprint density at radius 3 is 2.50 bits per heavy atom. The van der Waals surface area contributed by atoms with Crippen LogP contribution in [0.25, 0.3) is 0 Å². The average molecular weight is 197 g/mol. The van der Waals surface area contributed by atoms with Gasteiger partial charge in [0.1, 0.15) is 5.82 Å². The highest BCUT2D eigenvalue weighted by atomic mass is 15.3. The maximum atomic E-state index is 5.90. The fraction of sp³-hybridized carbons (Fsp3) is 0.778. The molecule has 0 aliphatic rings. The molecule has 1 aromatic rings. The van der Waals surface area contributed by atoms with Crippen molar-refractivity contribution in [1.29, 1.82) is 0 Å². The third kappa shape index (κ3) is 2.70. The summed E-state index contributed by atoms with van der Waals surface area (Å²) in [7, 11) is 3.78. The molecule has 1 rings (SSSR count). The average Bonchev–Trinajstić information content (AvgIpc) is 2.42. The molecule has 1 aromatic heterocycles. The molecule has 0 spiro atoms. The monoisotopic (exact) mass is 197 g/mol. The molecular formula is C9H19N5. The Bertz CT molecular complexity index is 297. The van der Waals surface area contributed by atoms with E-state index in [2.05, 4.69) is 15.5 Å². The van der Waals surface area contributed by atoms with Crippen molar-refractivity contribution >= 4 is 5.95 Å². The van der Waals surface area contributed by atoms with Gasteiger partial charge in [0.2, 0.25) is 5.95 Å². The molecule has 0 atom stereocenters. The molecule has 5 heteroatoms. The van der Waals surface area contributed by atoms with Gasteiger partial charge in [0, 0.05) is 26.1 Å². The fourth-order valence-electron chi connectivity index (χ4n) is 1.23. The van der Waals surface area contributed by atoms with Crippen LogP contribution in [0.1, 0.15) is 26.1 Å². The number of aryl methyl sites for hydroxylation is 1. The van der Waals surface area contributed by atoms with E-state index in [4.69, 9.17) is 5.73 Å². The lowest BCUT2D eigenvalue weighted by atomic mass is 10.00. The van der Waals surface area contributed by atoms with Gasteiger partial charge in [-0.25, -0.2) is 0 Å². The molecule has 0 aromatic carbocycles. The predicted molar refractivity (Wildman–Crippen MR) is 57.1 cm³/mol. The van der Waals surface area contributed by atoms with Gasteiger partial charge in [-0.2, -0.15) is 0 Å². The molecule has 0 unspecified atom stereocenters. The summed E-state index contributed by atoms with van der Waals surface area (Å²) < 4.78 is 1.95. The van der Waals surface area contributed by atoms with Gasteiger partial charge in [-0.05, 0) is 20.3 Å². The Kier molecular flexibility index (Phi) is 3.10. The van der Waals surface area contributed by atoms with Crippen LogP contribution in [-0.2, 0) is 13.5 Å². The van der Waals surface area contributed by atoms with E-state index in [1.165, 1.54) is 0 Å². The highest BCUT2D eigenvalue weighted by Crippen LogP contribution is 2.11. The van der Waals surface area contributed by atoms with E-state index in [1.54, 1.807) is 0 Å². The normalized spacial score (nSPS) is 11.8. The minimum atomic E-state index is -0.147. The lowest BCUT2D eigenvalue weighted by molar-refractivity contribution is 0.467. The largest absolute Gasteiger partial charge is 0.357 e. The van der Waals surface area contributed by atoms with Crippen molar-refractivity contribution in [3.05, 3.63) is 5.82 Å². The van der Waals surface area contributed by atoms with Crippen LogP contribution in [0.2, 0.25) is 0 Å². The standard InChI is InChI=1S/C9H19N5/c1-9(2,10)6-5-7-12-13-8(11-3)14(7)4/h5-6,10H2,1-4H3,(H,11,13). The lowest BCUT2D eigenvalue weighted by Crippen LogP contribution is -2.32. The van der Waals surface area contributed by atoms with Crippen LogP contribution in [-0.4, -0.2) is 27.4 Å². The van der Waals surface area contributed by atoms with Gasteiger partial charge in [-0.1, -0.05) is 0 Å². The van der Waals surface area contributed by atoms with E-state index in [-0.39, 0.29) is 5.54 Å². The van der Waals surface area contributed by atoms with E-state index < -0.39 is 0 Å². The van der Waals surface area contributed by atoms with Crippen molar-refractivity contribution in [2.24, 2.45) is 12.8 Å². The molecule has 1 heterocycles. The van der Waals surface area contributed by atoms with Crippen molar-refractivity contribution in [3.63, 3.8) is 0 Å². The van der Waals surface area contributed by atoms with E-state index in [0.717, 1.165) is 24.6 Å². The van der Waals surface area contributed by atoms with Crippen LogP contribution >= 0.6 is 0 Å². The molecule has 0 saturated carbocycles. The van der Waals surface area contributed by atoms with Crippen molar-refractivity contribution in [2.75, 3.05) is 12.4 Å². The Balaban J connectivity index is 2.64. The maximum absolute atomic E-state index is 5.90. The third-order valence-corrected chi connectivity index (χ3v) is 2.18. The van der Waals surface area contributed by atoms with Gasteiger partial charge in [0.15, 0.2) is 0 Å². The van der Waals surface area contributed by atoms with Gasteiger partial charge < -0.3 is 15.6 Å². The first-order valence-electron chi connectivity index (χ1n) is 4.79. The number of nitrogens with two attached hydrogens (primary N) is 1. The summed E-state index contributed by atoms with van der Waals surface area (Å²) in [6.07, 6.45) is 1.76. The van der Waals surface area contributed by atoms with Gasteiger partial charge >= 0.3 is 0 Å². The Labute approximate surface area is 84.7 Å². The first kappa shape index (κ1) is 11.0. The zero-order valence-electron chi connectivity index (χ0n) is 9.33. The van der Waals surface area contributed by atoms with E-state index in [9.17, 15) is 0 Å². The van der Waals surface area contributed by atoms with E-state index in [1.807, 2.05) is 32.5 Å². The Hall–Kier alpha value is -1.10. The molecule has 0 saturated heterocycles. The molecule has 3 N–H and O–H groups in total. The number of aromatic nitrogens is 3. The summed E-state index contributed by atoms with van der Waals surface area (Å²) in [6, 6.07) is 0. The minimum absolute atomic E-state index is 0.147. The number of nitrogens with zero attached hydrogens (tertiary/aromatic N) is 3. The molecule has 0 amide bonds. The summed E-state index contributed by atoms with van der Waals surface area (Å²) >= 11 is 0. The van der Waals surface area contributed by atoms with Gasteiger partial charge in [0.25, 0.3) is 0 Å². The zero-order chi connectivity index (χ0) is 10.8. The molecule has 0 aliphatic heterocycles. The molecule has 0 radical (unpaired) electrons. The third-order valence-electron chi connectivity index (χ3n) is 2.18. The molecular weight excluding hydrogens is 178 g/mol. The van der Waals surface area contributed by atoms with Gasteiger partial charge in [-0.15, -0.1) is 10.2 Å². The van der Waals surface area contributed by atoms with Gasteiger partial charge in [0.05, 0.1) is 0 Å². The van der Waals surface area contributed by atoms with E-state index in [0.29, 0.717) is 0 Å². The molecule has 0 fully saturated rings. The van der Waals surface area contributed by atoms with Crippen molar-refractivity contribution in [2.45, 2.75) is 32.2 Å². The maximum Gasteiger partial charge on any atom is 0.224 e. The number of nitrogens with one attached hydrogen (secondary N) is 1. The van der Waals surface area contributed by atoms with E-state index >= 15 is 0 Å². The van der Waals surface area contributed by atoms with Gasteiger partial charge in [-0.3, -0.25) is 0 Å². The quantitative estimate of drug-likeness (QED) is 0.738. The summed E-state index contributed by atoms with van der Waals surface area (Å²) in [6.45, 7) is 4.03. The zero-order valence-corrected chi connectivity index (χ0v) is 9.33.